The van der Waals surface area contributed by atoms with Gasteiger partial charge in [0.2, 0.25) is 0 Å². The summed E-state index contributed by atoms with van der Waals surface area (Å²) in [6.07, 6.45) is 2.07. The molecule has 0 amide bonds. The van der Waals surface area contributed by atoms with Crippen LogP contribution in [0.25, 0.3) is 11.3 Å². The molecular weight excluding hydrogens is 246 g/mol. The molecule has 0 bridgehead atoms. The first-order valence-corrected chi connectivity index (χ1v) is 6.72. The van der Waals surface area contributed by atoms with Crippen LogP contribution in [0, 0.1) is 0 Å². The molecule has 1 heterocycles. The minimum absolute atomic E-state index is 0.619. The molecular formula is C18H21NO. The van der Waals surface area contributed by atoms with E-state index in [1.807, 2.05) is 27.0 Å². The van der Waals surface area contributed by atoms with Crippen LogP contribution in [0.3, 0.4) is 0 Å². The van der Waals surface area contributed by atoms with Crippen molar-refractivity contribution in [2.45, 2.75) is 13.8 Å². The molecule has 1 aromatic rings. The molecule has 0 fully saturated rings. The Morgan fingerprint density at radius 1 is 1.30 bits per heavy atom. The summed E-state index contributed by atoms with van der Waals surface area (Å²) in [5, 5.41) is 0. The SMILES string of the molecule is C=C(C)C1=CN(C)c2ccc(C(=C)OCC)cc2C1=C. The number of rotatable bonds is 4. The van der Waals surface area contributed by atoms with Crippen molar-refractivity contribution in [1.82, 2.24) is 0 Å². The zero-order chi connectivity index (χ0) is 14.9. The molecule has 1 aliphatic rings. The average Bonchev–Trinajstić information content (AvgIpc) is 2.42. The second-order valence-electron chi connectivity index (χ2n) is 5.00. The highest BCUT2D eigenvalue weighted by atomic mass is 16.5. The Morgan fingerprint density at radius 3 is 2.60 bits per heavy atom. The zero-order valence-corrected chi connectivity index (χ0v) is 12.5. The lowest BCUT2D eigenvalue weighted by Gasteiger charge is -2.28. The average molecular weight is 267 g/mol. The van der Waals surface area contributed by atoms with E-state index in [1.165, 1.54) is 0 Å². The van der Waals surface area contributed by atoms with Gasteiger partial charge in [0.1, 0.15) is 5.76 Å². The number of hydrogen-bond donors (Lipinski definition) is 0. The number of ether oxygens (including phenoxy) is 1. The summed E-state index contributed by atoms with van der Waals surface area (Å²) in [6.45, 7) is 16.8. The van der Waals surface area contributed by atoms with Crippen LogP contribution in [0.1, 0.15) is 25.0 Å². The first-order valence-electron chi connectivity index (χ1n) is 6.72. The van der Waals surface area contributed by atoms with Crippen LogP contribution in [-0.2, 0) is 4.74 Å². The lowest BCUT2D eigenvalue weighted by atomic mass is 9.90. The van der Waals surface area contributed by atoms with E-state index < -0.39 is 0 Å². The lowest BCUT2D eigenvalue weighted by Crippen LogP contribution is -2.17. The first-order chi connectivity index (χ1) is 9.45. The van der Waals surface area contributed by atoms with Crippen LogP contribution in [0.15, 0.2) is 55.3 Å². The van der Waals surface area contributed by atoms with Crippen LogP contribution in [0.4, 0.5) is 5.69 Å². The topological polar surface area (TPSA) is 12.5 Å². The molecule has 0 saturated heterocycles. The normalized spacial score (nSPS) is 13.7. The van der Waals surface area contributed by atoms with Gasteiger partial charge in [-0.3, -0.25) is 0 Å². The van der Waals surface area contributed by atoms with Crippen molar-refractivity contribution in [2.75, 3.05) is 18.6 Å². The van der Waals surface area contributed by atoms with Crippen molar-refractivity contribution in [3.8, 4) is 0 Å². The maximum Gasteiger partial charge on any atom is 0.119 e. The standard InChI is InChI=1S/C18H21NO/c1-7-20-14(5)15-8-9-18-16(10-15)13(4)17(12(2)3)11-19(18)6/h8-11H,2,4-5,7H2,1,3,6H3. The summed E-state index contributed by atoms with van der Waals surface area (Å²) >= 11 is 0. The number of hydrogen-bond acceptors (Lipinski definition) is 2. The Kier molecular flexibility index (Phi) is 3.84. The van der Waals surface area contributed by atoms with Crippen molar-refractivity contribution < 1.29 is 4.74 Å². The zero-order valence-electron chi connectivity index (χ0n) is 12.5. The fourth-order valence-corrected chi connectivity index (χ4v) is 2.37. The molecule has 2 heteroatoms. The number of allylic oxidation sites excluding steroid dienone is 3. The molecule has 0 atom stereocenters. The molecule has 0 radical (unpaired) electrons. The molecule has 0 N–H and O–H groups in total. The van der Waals surface area contributed by atoms with E-state index >= 15 is 0 Å². The quantitative estimate of drug-likeness (QED) is 0.738. The Morgan fingerprint density at radius 2 is 2.00 bits per heavy atom. The van der Waals surface area contributed by atoms with Gasteiger partial charge >= 0.3 is 0 Å². The van der Waals surface area contributed by atoms with Gasteiger partial charge in [0, 0.05) is 35.6 Å². The van der Waals surface area contributed by atoms with Gasteiger partial charge in [0.15, 0.2) is 0 Å². The van der Waals surface area contributed by atoms with Crippen LogP contribution in [0.5, 0.6) is 0 Å². The van der Waals surface area contributed by atoms with E-state index in [9.17, 15) is 0 Å². The minimum atomic E-state index is 0.619. The largest absolute Gasteiger partial charge is 0.494 e. The second kappa shape index (κ2) is 5.41. The van der Waals surface area contributed by atoms with E-state index in [0.29, 0.717) is 12.4 Å². The van der Waals surface area contributed by atoms with E-state index in [0.717, 1.165) is 33.5 Å². The predicted molar refractivity (Wildman–Crippen MR) is 87.4 cm³/mol. The molecule has 1 aromatic carbocycles. The van der Waals surface area contributed by atoms with Crippen molar-refractivity contribution in [1.29, 1.82) is 0 Å². The fraction of sp³-hybridized carbons (Fsp3) is 0.222. The third-order valence-corrected chi connectivity index (χ3v) is 3.45. The molecule has 0 spiro atoms. The predicted octanol–water partition coefficient (Wildman–Crippen LogP) is 4.62. The Hall–Kier alpha value is -2.22. The van der Waals surface area contributed by atoms with Crippen molar-refractivity contribution in [3.05, 3.63) is 66.4 Å². The highest BCUT2D eigenvalue weighted by Gasteiger charge is 2.20. The van der Waals surface area contributed by atoms with Gasteiger partial charge in [0.25, 0.3) is 0 Å². The maximum atomic E-state index is 5.49. The van der Waals surface area contributed by atoms with Gasteiger partial charge in [-0.1, -0.05) is 19.7 Å². The molecule has 0 aliphatic carbocycles. The van der Waals surface area contributed by atoms with Crippen molar-refractivity contribution >= 4 is 17.0 Å². The smallest absolute Gasteiger partial charge is 0.119 e. The van der Waals surface area contributed by atoms with Gasteiger partial charge in [-0.2, -0.15) is 0 Å². The Balaban J connectivity index is 2.48. The Bertz CT molecular complexity index is 622. The summed E-state index contributed by atoms with van der Waals surface area (Å²) in [7, 11) is 2.03. The van der Waals surface area contributed by atoms with Gasteiger partial charge in [-0.25, -0.2) is 0 Å². The van der Waals surface area contributed by atoms with Crippen molar-refractivity contribution in [3.63, 3.8) is 0 Å². The minimum Gasteiger partial charge on any atom is -0.494 e. The second-order valence-corrected chi connectivity index (χ2v) is 5.00. The first kappa shape index (κ1) is 14.2. The monoisotopic (exact) mass is 267 g/mol. The van der Waals surface area contributed by atoms with Gasteiger partial charge in [-0.05, 0) is 43.2 Å². The van der Waals surface area contributed by atoms with E-state index in [4.69, 9.17) is 4.74 Å². The van der Waals surface area contributed by atoms with Crippen LogP contribution in [0.2, 0.25) is 0 Å². The number of nitrogens with zero attached hydrogens (tertiary/aromatic N) is 1. The van der Waals surface area contributed by atoms with Gasteiger partial charge in [0.05, 0.1) is 6.61 Å². The molecule has 0 aromatic heterocycles. The van der Waals surface area contributed by atoms with Gasteiger partial charge in [-0.15, -0.1) is 0 Å². The van der Waals surface area contributed by atoms with E-state index in [2.05, 4.69) is 43.0 Å². The molecule has 0 unspecified atom stereocenters. The van der Waals surface area contributed by atoms with Crippen LogP contribution < -0.4 is 4.90 Å². The number of benzene rings is 1. The van der Waals surface area contributed by atoms with E-state index in [1.54, 1.807) is 0 Å². The summed E-state index contributed by atoms with van der Waals surface area (Å²) < 4.78 is 5.49. The summed E-state index contributed by atoms with van der Waals surface area (Å²) in [5.74, 6) is 0.692. The molecule has 104 valence electrons. The van der Waals surface area contributed by atoms with Gasteiger partial charge < -0.3 is 9.64 Å². The number of fused-ring (bicyclic) bond motifs is 1. The van der Waals surface area contributed by atoms with Crippen molar-refractivity contribution in [2.24, 2.45) is 0 Å². The molecule has 2 nitrogen and oxygen atoms in total. The summed E-state index contributed by atoms with van der Waals surface area (Å²) in [4.78, 5) is 2.10. The van der Waals surface area contributed by atoms with Crippen LogP contribution in [-0.4, -0.2) is 13.7 Å². The molecule has 1 aliphatic heterocycles. The van der Waals surface area contributed by atoms with E-state index in [-0.39, 0.29) is 0 Å². The Labute approximate surface area is 121 Å². The summed E-state index contributed by atoms with van der Waals surface area (Å²) in [5.41, 5.74) is 6.32. The maximum absolute atomic E-state index is 5.49. The highest BCUT2D eigenvalue weighted by Crippen LogP contribution is 2.39. The highest BCUT2D eigenvalue weighted by molar-refractivity contribution is 5.92. The third kappa shape index (κ3) is 2.42. The number of anilines is 1. The lowest BCUT2D eigenvalue weighted by molar-refractivity contribution is 0.299. The fourth-order valence-electron chi connectivity index (χ4n) is 2.37. The summed E-state index contributed by atoms with van der Waals surface area (Å²) in [6, 6.07) is 6.19. The third-order valence-electron chi connectivity index (χ3n) is 3.45. The molecule has 0 saturated carbocycles. The molecule has 2 rings (SSSR count). The molecule has 20 heavy (non-hydrogen) atoms. The van der Waals surface area contributed by atoms with Crippen LogP contribution >= 0.6 is 0 Å².